The molecule has 0 radical (unpaired) electrons. The average Bonchev–Trinajstić information content (AvgIpc) is 2.83. The normalized spacial score (nSPS) is 10.7. The van der Waals surface area contributed by atoms with E-state index in [1.807, 2.05) is 48.0 Å². The van der Waals surface area contributed by atoms with Crippen LogP contribution in [-0.2, 0) is 7.05 Å². The lowest BCUT2D eigenvalue weighted by Gasteiger charge is -2.07. The van der Waals surface area contributed by atoms with E-state index in [0.29, 0.717) is 5.56 Å². The summed E-state index contributed by atoms with van der Waals surface area (Å²) in [5.41, 5.74) is 3.36. The van der Waals surface area contributed by atoms with Gasteiger partial charge in [-0.2, -0.15) is 0 Å². The van der Waals surface area contributed by atoms with Crippen LogP contribution in [0.3, 0.4) is 0 Å². The van der Waals surface area contributed by atoms with Gasteiger partial charge in [0.1, 0.15) is 17.9 Å². The van der Waals surface area contributed by atoms with Gasteiger partial charge in [-0.15, -0.1) is 0 Å². The van der Waals surface area contributed by atoms with Crippen molar-refractivity contribution in [1.82, 2.24) is 9.55 Å². The van der Waals surface area contributed by atoms with Gasteiger partial charge < -0.3 is 9.30 Å². The van der Waals surface area contributed by atoms with Crippen LogP contribution in [0.5, 0.6) is 5.75 Å². The van der Waals surface area contributed by atoms with Crippen molar-refractivity contribution in [3.8, 4) is 17.1 Å². The minimum atomic E-state index is 0.645. The zero-order chi connectivity index (χ0) is 14.1. The smallest absolute Gasteiger partial charge is 0.150 e. The number of rotatable bonds is 3. The predicted octanol–water partition coefficient (Wildman–Crippen LogP) is 3.06. The third kappa shape index (κ3) is 1.86. The number of aryl methyl sites for hydroxylation is 1. The first kappa shape index (κ1) is 12.4. The molecular formula is C16H14N2O2. The number of benzene rings is 2. The number of aromatic nitrogens is 2. The Hall–Kier alpha value is -2.62. The minimum absolute atomic E-state index is 0.645. The molecule has 0 N–H and O–H groups in total. The molecular weight excluding hydrogens is 252 g/mol. The van der Waals surface area contributed by atoms with Crippen molar-refractivity contribution >= 4 is 17.3 Å². The summed E-state index contributed by atoms with van der Waals surface area (Å²) >= 11 is 0. The van der Waals surface area contributed by atoms with Crippen LogP contribution in [0.2, 0.25) is 0 Å². The number of fused-ring (bicyclic) bond motifs is 1. The summed E-state index contributed by atoms with van der Waals surface area (Å²) in [6, 6.07) is 13.2. The molecule has 2 aromatic carbocycles. The average molecular weight is 266 g/mol. The molecule has 4 nitrogen and oxygen atoms in total. The molecule has 0 aliphatic rings. The van der Waals surface area contributed by atoms with E-state index in [4.69, 9.17) is 4.74 Å². The zero-order valence-corrected chi connectivity index (χ0v) is 11.3. The topological polar surface area (TPSA) is 44.1 Å². The maximum absolute atomic E-state index is 10.9. The molecule has 20 heavy (non-hydrogen) atoms. The van der Waals surface area contributed by atoms with E-state index in [1.165, 1.54) is 0 Å². The Bertz CT molecular complexity index is 790. The van der Waals surface area contributed by atoms with Gasteiger partial charge in [0.2, 0.25) is 0 Å². The van der Waals surface area contributed by atoms with Crippen LogP contribution in [0, 0.1) is 0 Å². The summed E-state index contributed by atoms with van der Waals surface area (Å²) in [5, 5.41) is 0. The van der Waals surface area contributed by atoms with Gasteiger partial charge in [-0.25, -0.2) is 4.98 Å². The number of carbonyl (C=O) groups excluding carboxylic acids is 1. The number of imidazole rings is 1. The fourth-order valence-electron chi connectivity index (χ4n) is 2.35. The molecule has 3 rings (SSSR count). The van der Waals surface area contributed by atoms with Crippen molar-refractivity contribution in [3.05, 3.63) is 48.0 Å². The quantitative estimate of drug-likeness (QED) is 0.684. The summed E-state index contributed by atoms with van der Waals surface area (Å²) < 4.78 is 7.36. The van der Waals surface area contributed by atoms with Gasteiger partial charge >= 0.3 is 0 Å². The standard InChI is InChI=1S/C16H14N2O2/c1-18-14-9-11(10-19)7-8-13(14)17-16(18)12-5-3-4-6-15(12)20-2/h3-10H,1-2H3. The molecule has 0 saturated heterocycles. The molecule has 4 heteroatoms. The number of aldehydes is 1. The largest absolute Gasteiger partial charge is 0.496 e. The Morgan fingerprint density at radius 1 is 1.20 bits per heavy atom. The van der Waals surface area contributed by atoms with Crippen molar-refractivity contribution in [3.63, 3.8) is 0 Å². The van der Waals surface area contributed by atoms with Gasteiger partial charge in [-0.3, -0.25) is 4.79 Å². The Labute approximate surface area is 116 Å². The molecule has 0 aliphatic heterocycles. The lowest BCUT2D eigenvalue weighted by molar-refractivity contribution is 0.112. The lowest BCUT2D eigenvalue weighted by atomic mass is 10.2. The van der Waals surface area contributed by atoms with Gasteiger partial charge in [0, 0.05) is 12.6 Å². The number of nitrogens with zero attached hydrogens (tertiary/aromatic N) is 2. The lowest BCUT2D eigenvalue weighted by Crippen LogP contribution is -1.95. The highest BCUT2D eigenvalue weighted by Crippen LogP contribution is 2.31. The van der Waals surface area contributed by atoms with Gasteiger partial charge in [0.25, 0.3) is 0 Å². The second-order valence-corrected chi connectivity index (χ2v) is 4.56. The van der Waals surface area contributed by atoms with Crippen molar-refractivity contribution in [2.75, 3.05) is 7.11 Å². The predicted molar refractivity (Wildman–Crippen MR) is 78.1 cm³/mol. The second-order valence-electron chi connectivity index (χ2n) is 4.56. The summed E-state index contributed by atoms with van der Waals surface area (Å²) in [6.45, 7) is 0. The van der Waals surface area contributed by atoms with Crippen molar-refractivity contribution < 1.29 is 9.53 Å². The van der Waals surface area contributed by atoms with Crippen molar-refractivity contribution in [2.24, 2.45) is 7.05 Å². The number of para-hydroxylation sites is 1. The minimum Gasteiger partial charge on any atom is -0.496 e. The number of carbonyl (C=O) groups is 1. The Morgan fingerprint density at radius 2 is 2.00 bits per heavy atom. The van der Waals surface area contributed by atoms with E-state index < -0.39 is 0 Å². The van der Waals surface area contributed by atoms with Gasteiger partial charge in [0.15, 0.2) is 0 Å². The molecule has 0 atom stereocenters. The number of hydrogen-bond donors (Lipinski definition) is 0. The SMILES string of the molecule is COc1ccccc1-c1nc2ccc(C=O)cc2n1C. The van der Waals surface area contributed by atoms with Gasteiger partial charge in [0.05, 0.1) is 23.7 Å². The number of hydrogen-bond acceptors (Lipinski definition) is 3. The highest BCUT2D eigenvalue weighted by molar-refractivity contribution is 5.87. The van der Waals surface area contributed by atoms with Crippen LogP contribution < -0.4 is 4.74 Å². The van der Waals surface area contributed by atoms with Crippen LogP contribution in [0.25, 0.3) is 22.4 Å². The first-order valence-corrected chi connectivity index (χ1v) is 6.29. The van der Waals surface area contributed by atoms with Gasteiger partial charge in [-0.1, -0.05) is 12.1 Å². The van der Waals surface area contributed by atoms with Crippen molar-refractivity contribution in [1.29, 1.82) is 0 Å². The van der Waals surface area contributed by atoms with E-state index in [1.54, 1.807) is 13.2 Å². The summed E-state index contributed by atoms with van der Waals surface area (Å²) in [4.78, 5) is 15.5. The van der Waals surface area contributed by atoms with Crippen LogP contribution >= 0.6 is 0 Å². The first-order chi connectivity index (χ1) is 9.74. The highest BCUT2D eigenvalue weighted by Gasteiger charge is 2.13. The molecule has 1 aromatic heterocycles. The van der Waals surface area contributed by atoms with Crippen LogP contribution in [0.15, 0.2) is 42.5 Å². The molecule has 3 aromatic rings. The Balaban J connectivity index is 2.26. The third-order valence-electron chi connectivity index (χ3n) is 3.39. The van der Waals surface area contributed by atoms with E-state index in [2.05, 4.69) is 4.98 Å². The summed E-state index contributed by atoms with van der Waals surface area (Å²) in [7, 11) is 3.58. The molecule has 0 aliphatic carbocycles. The maximum atomic E-state index is 10.9. The zero-order valence-electron chi connectivity index (χ0n) is 11.3. The fourth-order valence-corrected chi connectivity index (χ4v) is 2.35. The molecule has 1 heterocycles. The molecule has 100 valence electrons. The molecule has 0 spiro atoms. The van der Waals surface area contributed by atoms with E-state index in [-0.39, 0.29) is 0 Å². The molecule has 0 fully saturated rings. The first-order valence-electron chi connectivity index (χ1n) is 6.29. The monoisotopic (exact) mass is 266 g/mol. The van der Waals surface area contributed by atoms with E-state index in [0.717, 1.165) is 34.5 Å². The Morgan fingerprint density at radius 3 is 2.75 bits per heavy atom. The van der Waals surface area contributed by atoms with Crippen LogP contribution in [-0.4, -0.2) is 22.9 Å². The summed E-state index contributed by atoms with van der Waals surface area (Å²) in [5.74, 6) is 1.60. The van der Waals surface area contributed by atoms with Crippen LogP contribution in [0.1, 0.15) is 10.4 Å². The molecule has 0 amide bonds. The molecule has 0 bridgehead atoms. The Kier molecular flexibility index (Phi) is 2.99. The number of methoxy groups -OCH3 is 1. The van der Waals surface area contributed by atoms with E-state index in [9.17, 15) is 4.79 Å². The van der Waals surface area contributed by atoms with Gasteiger partial charge in [-0.05, 0) is 30.3 Å². The highest BCUT2D eigenvalue weighted by atomic mass is 16.5. The van der Waals surface area contributed by atoms with Crippen LogP contribution in [0.4, 0.5) is 0 Å². The third-order valence-corrected chi connectivity index (χ3v) is 3.39. The molecule has 0 unspecified atom stereocenters. The maximum Gasteiger partial charge on any atom is 0.150 e. The number of ether oxygens (including phenoxy) is 1. The molecule has 0 saturated carbocycles. The van der Waals surface area contributed by atoms with E-state index >= 15 is 0 Å². The summed E-state index contributed by atoms with van der Waals surface area (Å²) in [6.07, 6.45) is 0.842. The fraction of sp³-hybridized carbons (Fsp3) is 0.125. The second kappa shape index (κ2) is 4.81. The van der Waals surface area contributed by atoms with Crippen molar-refractivity contribution in [2.45, 2.75) is 0 Å².